The van der Waals surface area contributed by atoms with E-state index in [4.69, 9.17) is 4.42 Å². The standard InChI is InChI=1S/C15H16F3NO/c1-3-19-14(13-9-4-10(2)20-13)11-5-7-12(8-6-11)15(16,17)18/h4-9,14,19H,3H2,1-2H3. The molecule has 0 saturated heterocycles. The molecule has 1 aromatic carbocycles. The molecule has 0 aliphatic rings. The van der Waals surface area contributed by atoms with E-state index in [2.05, 4.69) is 5.32 Å². The quantitative estimate of drug-likeness (QED) is 0.904. The Morgan fingerprint density at radius 1 is 1.10 bits per heavy atom. The molecule has 2 aromatic rings. The van der Waals surface area contributed by atoms with Gasteiger partial charge in [-0.1, -0.05) is 19.1 Å². The highest BCUT2D eigenvalue weighted by molar-refractivity contribution is 5.31. The molecular formula is C15H16F3NO. The van der Waals surface area contributed by atoms with Crippen molar-refractivity contribution in [3.8, 4) is 0 Å². The van der Waals surface area contributed by atoms with Gasteiger partial charge in [-0.15, -0.1) is 0 Å². The van der Waals surface area contributed by atoms with Crippen LogP contribution >= 0.6 is 0 Å². The smallest absolute Gasteiger partial charge is 0.416 e. The molecule has 0 saturated carbocycles. The SMILES string of the molecule is CCNC(c1ccc(C(F)(F)F)cc1)c1ccc(C)o1. The van der Waals surface area contributed by atoms with Crippen molar-refractivity contribution in [2.75, 3.05) is 6.54 Å². The third-order valence-corrected chi connectivity index (χ3v) is 3.03. The van der Waals surface area contributed by atoms with Gasteiger partial charge in [0.25, 0.3) is 0 Å². The van der Waals surface area contributed by atoms with Crippen LogP contribution in [0.2, 0.25) is 0 Å². The summed E-state index contributed by atoms with van der Waals surface area (Å²) >= 11 is 0. The minimum absolute atomic E-state index is 0.240. The summed E-state index contributed by atoms with van der Waals surface area (Å²) in [5, 5.41) is 3.21. The fourth-order valence-corrected chi connectivity index (χ4v) is 2.06. The summed E-state index contributed by atoms with van der Waals surface area (Å²) < 4.78 is 43.2. The van der Waals surface area contributed by atoms with Crippen LogP contribution in [0.5, 0.6) is 0 Å². The summed E-state index contributed by atoms with van der Waals surface area (Å²) in [5.74, 6) is 1.47. The van der Waals surface area contributed by atoms with Gasteiger partial charge in [0.2, 0.25) is 0 Å². The summed E-state index contributed by atoms with van der Waals surface area (Å²) in [4.78, 5) is 0. The summed E-state index contributed by atoms with van der Waals surface area (Å²) in [6.45, 7) is 4.46. The number of hydrogen-bond donors (Lipinski definition) is 1. The van der Waals surface area contributed by atoms with Gasteiger partial charge in [-0.05, 0) is 43.3 Å². The predicted molar refractivity (Wildman–Crippen MR) is 70.4 cm³/mol. The number of hydrogen-bond acceptors (Lipinski definition) is 2. The van der Waals surface area contributed by atoms with Crippen LogP contribution in [-0.4, -0.2) is 6.54 Å². The fraction of sp³-hybridized carbons (Fsp3) is 0.333. The molecule has 1 N–H and O–H groups in total. The average molecular weight is 283 g/mol. The number of halogens is 3. The van der Waals surface area contributed by atoms with Crippen LogP contribution in [0.4, 0.5) is 13.2 Å². The maximum Gasteiger partial charge on any atom is 0.416 e. The van der Waals surface area contributed by atoms with Gasteiger partial charge in [0.1, 0.15) is 11.5 Å². The van der Waals surface area contributed by atoms with Gasteiger partial charge in [0.05, 0.1) is 11.6 Å². The van der Waals surface area contributed by atoms with Crippen LogP contribution in [0.15, 0.2) is 40.8 Å². The van der Waals surface area contributed by atoms with Crippen LogP contribution in [0, 0.1) is 6.92 Å². The van der Waals surface area contributed by atoms with Crippen molar-refractivity contribution in [2.45, 2.75) is 26.1 Å². The molecule has 0 radical (unpaired) electrons. The van der Waals surface area contributed by atoms with Gasteiger partial charge in [0, 0.05) is 0 Å². The molecule has 0 fully saturated rings. The van der Waals surface area contributed by atoms with E-state index >= 15 is 0 Å². The van der Waals surface area contributed by atoms with Crippen molar-refractivity contribution in [2.24, 2.45) is 0 Å². The van der Waals surface area contributed by atoms with E-state index in [1.807, 2.05) is 26.0 Å². The monoisotopic (exact) mass is 283 g/mol. The van der Waals surface area contributed by atoms with Gasteiger partial charge >= 0.3 is 6.18 Å². The van der Waals surface area contributed by atoms with Crippen molar-refractivity contribution < 1.29 is 17.6 Å². The Morgan fingerprint density at radius 3 is 2.20 bits per heavy atom. The molecule has 0 bridgehead atoms. The summed E-state index contributed by atoms with van der Waals surface area (Å²) in [7, 11) is 0. The van der Waals surface area contributed by atoms with E-state index in [1.54, 1.807) is 0 Å². The zero-order chi connectivity index (χ0) is 14.8. The molecule has 0 aliphatic carbocycles. The summed E-state index contributed by atoms with van der Waals surface area (Å²) in [6, 6.07) is 8.58. The molecule has 20 heavy (non-hydrogen) atoms. The van der Waals surface area contributed by atoms with Crippen LogP contribution in [-0.2, 0) is 6.18 Å². The van der Waals surface area contributed by atoms with E-state index in [1.165, 1.54) is 12.1 Å². The van der Waals surface area contributed by atoms with Crippen LogP contribution in [0.1, 0.15) is 35.6 Å². The Balaban J connectivity index is 2.30. The average Bonchev–Trinajstić information content (AvgIpc) is 2.81. The molecule has 108 valence electrons. The van der Waals surface area contributed by atoms with Crippen molar-refractivity contribution in [1.82, 2.24) is 5.32 Å². The first-order valence-electron chi connectivity index (χ1n) is 6.38. The van der Waals surface area contributed by atoms with E-state index in [0.717, 1.165) is 23.5 Å². The van der Waals surface area contributed by atoms with Crippen LogP contribution in [0.25, 0.3) is 0 Å². The highest BCUT2D eigenvalue weighted by Crippen LogP contribution is 2.31. The van der Waals surface area contributed by atoms with Crippen molar-refractivity contribution in [3.05, 3.63) is 59.0 Å². The second-order valence-corrected chi connectivity index (χ2v) is 4.56. The van der Waals surface area contributed by atoms with Crippen molar-refractivity contribution >= 4 is 0 Å². The number of alkyl halides is 3. The normalized spacial score (nSPS) is 13.4. The molecule has 0 spiro atoms. The third-order valence-electron chi connectivity index (χ3n) is 3.03. The number of nitrogens with one attached hydrogen (secondary N) is 1. The molecule has 1 heterocycles. The molecule has 1 aromatic heterocycles. The second kappa shape index (κ2) is 5.71. The summed E-state index contributed by atoms with van der Waals surface area (Å²) in [6.07, 6.45) is -4.31. The van der Waals surface area contributed by atoms with Crippen molar-refractivity contribution in [3.63, 3.8) is 0 Å². The predicted octanol–water partition coefficient (Wildman–Crippen LogP) is 4.31. The molecule has 2 rings (SSSR count). The molecule has 1 unspecified atom stereocenters. The zero-order valence-corrected chi connectivity index (χ0v) is 11.3. The Bertz CT molecular complexity index is 557. The first-order valence-corrected chi connectivity index (χ1v) is 6.38. The topological polar surface area (TPSA) is 25.2 Å². The molecule has 0 amide bonds. The maximum atomic E-state index is 12.6. The highest BCUT2D eigenvalue weighted by atomic mass is 19.4. The van der Waals surface area contributed by atoms with Gasteiger partial charge in [0.15, 0.2) is 0 Å². The van der Waals surface area contributed by atoms with E-state index in [9.17, 15) is 13.2 Å². The molecule has 1 atom stereocenters. The Labute approximate surface area is 115 Å². The number of furan rings is 1. The first-order chi connectivity index (χ1) is 9.41. The lowest BCUT2D eigenvalue weighted by atomic mass is 10.0. The van der Waals surface area contributed by atoms with Crippen LogP contribution in [0.3, 0.4) is 0 Å². The minimum atomic E-state index is -4.31. The number of rotatable bonds is 4. The maximum absolute atomic E-state index is 12.6. The minimum Gasteiger partial charge on any atom is -0.464 e. The molecule has 2 nitrogen and oxygen atoms in total. The molecule has 5 heteroatoms. The van der Waals surface area contributed by atoms with Crippen LogP contribution < -0.4 is 5.32 Å². The van der Waals surface area contributed by atoms with Gasteiger partial charge < -0.3 is 9.73 Å². The Morgan fingerprint density at radius 2 is 1.75 bits per heavy atom. The van der Waals surface area contributed by atoms with E-state index in [0.29, 0.717) is 12.3 Å². The lowest BCUT2D eigenvalue weighted by Gasteiger charge is -2.17. The van der Waals surface area contributed by atoms with E-state index < -0.39 is 11.7 Å². The van der Waals surface area contributed by atoms with Gasteiger partial charge in [-0.2, -0.15) is 13.2 Å². The number of aryl methyl sites for hydroxylation is 1. The summed E-state index contributed by atoms with van der Waals surface area (Å²) in [5.41, 5.74) is 0.0984. The number of benzene rings is 1. The largest absolute Gasteiger partial charge is 0.464 e. The van der Waals surface area contributed by atoms with Gasteiger partial charge in [-0.3, -0.25) is 0 Å². The Kier molecular flexibility index (Phi) is 4.18. The lowest BCUT2D eigenvalue weighted by molar-refractivity contribution is -0.137. The fourth-order valence-electron chi connectivity index (χ4n) is 2.06. The van der Waals surface area contributed by atoms with Gasteiger partial charge in [-0.25, -0.2) is 0 Å². The third kappa shape index (κ3) is 3.22. The highest BCUT2D eigenvalue weighted by Gasteiger charge is 2.30. The first kappa shape index (κ1) is 14.7. The second-order valence-electron chi connectivity index (χ2n) is 4.56. The van der Waals surface area contributed by atoms with Crippen molar-refractivity contribution in [1.29, 1.82) is 0 Å². The molecular weight excluding hydrogens is 267 g/mol. The molecule has 0 aliphatic heterocycles. The zero-order valence-electron chi connectivity index (χ0n) is 11.3. The lowest BCUT2D eigenvalue weighted by Crippen LogP contribution is -2.21. The van der Waals surface area contributed by atoms with E-state index in [-0.39, 0.29) is 6.04 Å². The Hall–Kier alpha value is -1.75.